The van der Waals surface area contributed by atoms with Crippen LogP contribution < -0.4 is 16.0 Å². The lowest BCUT2D eigenvalue weighted by Gasteiger charge is -2.19. The van der Waals surface area contributed by atoms with Crippen molar-refractivity contribution >= 4 is 41.6 Å². The van der Waals surface area contributed by atoms with Crippen LogP contribution in [0, 0.1) is 0 Å². The lowest BCUT2D eigenvalue weighted by molar-refractivity contribution is -0.143. The van der Waals surface area contributed by atoms with Crippen LogP contribution in [0.2, 0.25) is 0 Å². The first kappa shape index (κ1) is 31.2. The highest BCUT2D eigenvalue weighted by Crippen LogP contribution is 2.13. The fourth-order valence-electron chi connectivity index (χ4n) is 3.25. The number of alkyl carbamates (subject to hydrolysis) is 1. The Kier molecular flexibility index (Phi) is 13.9. The molecule has 210 valence electrons. The summed E-state index contributed by atoms with van der Waals surface area (Å²) in [5.41, 5.74) is 1.82. The van der Waals surface area contributed by atoms with Crippen LogP contribution in [0.3, 0.4) is 0 Å². The summed E-state index contributed by atoms with van der Waals surface area (Å²) in [6.45, 7) is -0.339. The average Bonchev–Trinajstić information content (AvgIpc) is 2.96. The van der Waals surface area contributed by atoms with Gasteiger partial charge >= 0.3 is 18.0 Å². The van der Waals surface area contributed by atoms with Crippen LogP contribution in [-0.2, 0) is 45.7 Å². The average molecular weight is 560 g/mol. The Balaban J connectivity index is 1.91. The van der Waals surface area contributed by atoms with Crippen molar-refractivity contribution in [3.63, 3.8) is 0 Å². The largest absolute Gasteiger partial charge is 0.468 e. The third-order valence-electron chi connectivity index (χ3n) is 5.33. The molecule has 2 aromatic carbocycles. The zero-order valence-corrected chi connectivity index (χ0v) is 22.7. The fraction of sp³-hybridized carbons (Fsp3) is 0.370. The molecule has 2 aromatic rings. The molecule has 3 N–H and O–H groups in total. The minimum atomic E-state index is -1.14. The Bertz CT molecular complexity index is 1080. The molecule has 3 amide bonds. The number of benzene rings is 2. The van der Waals surface area contributed by atoms with Gasteiger partial charge in [-0.2, -0.15) is 11.8 Å². The summed E-state index contributed by atoms with van der Waals surface area (Å²) in [7, 11) is 2.37. The number of rotatable bonds is 15. The summed E-state index contributed by atoms with van der Waals surface area (Å²) in [6.07, 6.45) is -1.12. The van der Waals surface area contributed by atoms with E-state index in [1.54, 1.807) is 24.3 Å². The molecule has 0 aromatic heterocycles. The van der Waals surface area contributed by atoms with Gasteiger partial charge in [0.25, 0.3) is 0 Å². The molecule has 0 aliphatic rings. The molecule has 0 aliphatic carbocycles. The van der Waals surface area contributed by atoms with E-state index in [4.69, 9.17) is 9.47 Å². The minimum Gasteiger partial charge on any atom is -0.468 e. The third kappa shape index (κ3) is 12.4. The highest BCUT2D eigenvalue weighted by molar-refractivity contribution is 7.98. The number of esters is 2. The standard InChI is InChI=1S/C27H33N3O8S/c1-36-24(32)15-28-25(33)22(18-39-17-20-11-7-4-8-12-20)29-23(31)14-13-21(26(34)37-2)30-27(35)38-16-19-9-5-3-6-10-19/h3-12,21-22H,13-18H2,1-2H3,(H,28,33)(H,29,31)(H,30,35)/t21-,22-/m0/s1. The van der Waals surface area contributed by atoms with Gasteiger partial charge in [0, 0.05) is 17.9 Å². The molecule has 39 heavy (non-hydrogen) atoms. The fourth-order valence-corrected chi connectivity index (χ4v) is 4.26. The van der Waals surface area contributed by atoms with Crippen LogP contribution >= 0.6 is 11.8 Å². The van der Waals surface area contributed by atoms with E-state index < -0.39 is 41.9 Å². The van der Waals surface area contributed by atoms with Gasteiger partial charge in [-0.05, 0) is 17.5 Å². The predicted octanol–water partition coefficient (Wildman–Crippen LogP) is 1.94. The molecule has 0 saturated carbocycles. The molecule has 0 radical (unpaired) electrons. The van der Waals surface area contributed by atoms with Crippen molar-refractivity contribution in [1.82, 2.24) is 16.0 Å². The molecular weight excluding hydrogens is 526 g/mol. The number of methoxy groups -OCH3 is 2. The van der Waals surface area contributed by atoms with Crippen LogP contribution in [0.4, 0.5) is 4.79 Å². The van der Waals surface area contributed by atoms with Crippen LogP contribution in [-0.4, -0.2) is 68.4 Å². The van der Waals surface area contributed by atoms with Crippen molar-refractivity contribution in [2.24, 2.45) is 0 Å². The van der Waals surface area contributed by atoms with Crippen molar-refractivity contribution in [2.75, 3.05) is 26.5 Å². The molecule has 0 unspecified atom stereocenters. The van der Waals surface area contributed by atoms with Crippen LogP contribution in [0.15, 0.2) is 60.7 Å². The SMILES string of the molecule is COC(=O)CNC(=O)[C@H](CSCc1ccccc1)NC(=O)CC[C@H](NC(=O)OCc1ccccc1)C(=O)OC. The number of amides is 3. The number of nitrogens with one attached hydrogen (secondary N) is 3. The van der Waals surface area contributed by atoms with E-state index in [2.05, 4.69) is 20.7 Å². The Morgan fingerprint density at radius 3 is 2.08 bits per heavy atom. The van der Waals surface area contributed by atoms with Crippen LogP contribution in [0.5, 0.6) is 0 Å². The lowest BCUT2D eigenvalue weighted by Crippen LogP contribution is -2.50. The van der Waals surface area contributed by atoms with Crippen molar-refractivity contribution in [3.8, 4) is 0 Å². The second-order valence-corrected chi connectivity index (χ2v) is 9.27. The zero-order chi connectivity index (χ0) is 28.5. The van der Waals surface area contributed by atoms with Gasteiger partial charge in [-0.3, -0.25) is 14.4 Å². The second kappa shape index (κ2) is 17.4. The molecule has 0 aliphatic heterocycles. The number of hydrogen-bond acceptors (Lipinski definition) is 9. The number of carbonyl (C=O) groups excluding carboxylic acids is 5. The predicted molar refractivity (Wildman–Crippen MR) is 144 cm³/mol. The molecule has 12 heteroatoms. The second-order valence-electron chi connectivity index (χ2n) is 8.24. The quantitative estimate of drug-likeness (QED) is 0.220. The normalized spacial score (nSPS) is 11.8. The summed E-state index contributed by atoms with van der Waals surface area (Å²) in [4.78, 5) is 61.2. The monoisotopic (exact) mass is 559 g/mol. The molecule has 0 saturated heterocycles. The maximum Gasteiger partial charge on any atom is 0.408 e. The maximum absolute atomic E-state index is 12.7. The zero-order valence-electron chi connectivity index (χ0n) is 21.8. The summed E-state index contributed by atoms with van der Waals surface area (Å²) < 4.78 is 14.4. The molecule has 0 fully saturated rings. The van der Waals surface area contributed by atoms with E-state index in [-0.39, 0.29) is 31.7 Å². The van der Waals surface area contributed by atoms with E-state index in [0.29, 0.717) is 5.75 Å². The van der Waals surface area contributed by atoms with Gasteiger partial charge in [0.05, 0.1) is 14.2 Å². The summed E-state index contributed by atoms with van der Waals surface area (Å²) >= 11 is 1.43. The first-order valence-electron chi connectivity index (χ1n) is 12.1. The van der Waals surface area contributed by atoms with Gasteiger partial charge in [-0.25, -0.2) is 9.59 Å². The lowest BCUT2D eigenvalue weighted by atomic mass is 10.1. The number of ether oxygens (including phenoxy) is 3. The van der Waals surface area contributed by atoms with Gasteiger partial charge in [-0.1, -0.05) is 60.7 Å². The molecule has 0 bridgehead atoms. The Morgan fingerprint density at radius 1 is 0.821 bits per heavy atom. The number of hydrogen-bond donors (Lipinski definition) is 3. The van der Waals surface area contributed by atoms with Crippen molar-refractivity contribution < 1.29 is 38.2 Å². The molecule has 2 atom stereocenters. The van der Waals surface area contributed by atoms with E-state index in [1.165, 1.54) is 18.9 Å². The summed E-state index contributed by atoms with van der Waals surface area (Å²) in [5, 5.41) is 7.49. The van der Waals surface area contributed by atoms with E-state index in [9.17, 15) is 24.0 Å². The van der Waals surface area contributed by atoms with Gasteiger partial charge in [0.2, 0.25) is 11.8 Å². The first-order chi connectivity index (χ1) is 18.8. The maximum atomic E-state index is 12.7. The van der Waals surface area contributed by atoms with Crippen LogP contribution in [0.1, 0.15) is 24.0 Å². The summed E-state index contributed by atoms with van der Waals surface area (Å²) in [5.74, 6) is -1.61. The molecule has 2 rings (SSSR count). The Hall–Kier alpha value is -4.06. The van der Waals surface area contributed by atoms with E-state index in [0.717, 1.165) is 18.2 Å². The molecular formula is C27H33N3O8S. The van der Waals surface area contributed by atoms with Crippen molar-refractivity contribution in [3.05, 3.63) is 71.8 Å². The number of carbonyl (C=O) groups is 5. The van der Waals surface area contributed by atoms with Crippen molar-refractivity contribution in [1.29, 1.82) is 0 Å². The van der Waals surface area contributed by atoms with Gasteiger partial charge in [0.15, 0.2) is 0 Å². The molecule has 11 nitrogen and oxygen atoms in total. The van der Waals surface area contributed by atoms with Gasteiger partial charge in [-0.15, -0.1) is 0 Å². The van der Waals surface area contributed by atoms with Crippen LogP contribution in [0.25, 0.3) is 0 Å². The Morgan fingerprint density at radius 2 is 1.46 bits per heavy atom. The minimum absolute atomic E-state index is 0.00403. The highest BCUT2D eigenvalue weighted by atomic mass is 32.2. The topological polar surface area (TPSA) is 149 Å². The first-order valence-corrected chi connectivity index (χ1v) is 13.3. The summed E-state index contributed by atoms with van der Waals surface area (Å²) in [6, 6.07) is 16.5. The number of thioether (sulfide) groups is 1. The smallest absolute Gasteiger partial charge is 0.408 e. The van der Waals surface area contributed by atoms with Gasteiger partial charge in [0.1, 0.15) is 25.2 Å². The third-order valence-corrected chi connectivity index (χ3v) is 6.44. The van der Waals surface area contributed by atoms with Crippen molar-refractivity contribution in [2.45, 2.75) is 37.3 Å². The van der Waals surface area contributed by atoms with Gasteiger partial charge < -0.3 is 30.2 Å². The van der Waals surface area contributed by atoms with E-state index in [1.807, 2.05) is 36.4 Å². The highest BCUT2D eigenvalue weighted by Gasteiger charge is 2.26. The molecule has 0 heterocycles. The van der Waals surface area contributed by atoms with E-state index >= 15 is 0 Å². The molecule has 0 spiro atoms. The Labute approximate surface area is 231 Å².